The molecule has 0 saturated carbocycles. The van der Waals surface area contributed by atoms with Gasteiger partial charge in [0.15, 0.2) is 4.77 Å². The van der Waals surface area contributed by atoms with Crippen molar-refractivity contribution >= 4 is 34.9 Å². The number of H-pyrrole nitrogens is 1. The number of imidazole rings is 1. The van der Waals surface area contributed by atoms with Crippen LogP contribution < -0.4 is 0 Å². The first kappa shape index (κ1) is 13.4. The molecule has 1 aromatic heterocycles. The topological polar surface area (TPSA) is 20.7 Å². The van der Waals surface area contributed by atoms with Crippen molar-refractivity contribution in [3.63, 3.8) is 0 Å². The van der Waals surface area contributed by atoms with E-state index < -0.39 is 0 Å². The van der Waals surface area contributed by atoms with Gasteiger partial charge in [-0.25, -0.2) is 0 Å². The highest BCUT2D eigenvalue weighted by Crippen LogP contribution is 2.23. The van der Waals surface area contributed by atoms with Gasteiger partial charge >= 0.3 is 0 Å². The third-order valence-corrected chi connectivity index (χ3v) is 3.90. The molecular formula is C16H15ClN2S. The average Bonchev–Trinajstić information content (AvgIpc) is 2.76. The molecule has 0 fully saturated rings. The Balaban J connectivity index is 2.15. The van der Waals surface area contributed by atoms with Crippen LogP contribution in [-0.4, -0.2) is 9.55 Å². The maximum Gasteiger partial charge on any atom is 0.182 e. The van der Waals surface area contributed by atoms with E-state index in [1.165, 1.54) is 5.56 Å². The van der Waals surface area contributed by atoms with Crippen molar-refractivity contribution < 1.29 is 0 Å². The van der Waals surface area contributed by atoms with E-state index in [4.69, 9.17) is 23.8 Å². The minimum atomic E-state index is 0.686. The Bertz CT molecular complexity index is 799. The van der Waals surface area contributed by atoms with Crippen LogP contribution in [0, 0.1) is 4.77 Å². The maximum absolute atomic E-state index is 6.09. The number of aromatic amines is 1. The summed E-state index contributed by atoms with van der Waals surface area (Å²) in [4.78, 5) is 3.21. The van der Waals surface area contributed by atoms with Crippen molar-refractivity contribution in [3.8, 4) is 5.69 Å². The normalized spacial score (nSPS) is 11.1. The number of halogens is 1. The van der Waals surface area contributed by atoms with Gasteiger partial charge in [0.2, 0.25) is 0 Å². The second kappa shape index (κ2) is 5.43. The monoisotopic (exact) mass is 302 g/mol. The Hall–Kier alpha value is -1.58. The molecule has 3 aromatic rings. The van der Waals surface area contributed by atoms with Crippen LogP contribution in [0.4, 0.5) is 0 Å². The van der Waals surface area contributed by atoms with E-state index in [0.717, 1.165) is 29.6 Å². The molecule has 0 bridgehead atoms. The van der Waals surface area contributed by atoms with E-state index in [2.05, 4.69) is 36.2 Å². The molecule has 3 rings (SSSR count). The summed E-state index contributed by atoms with van der Waals surface area (Å²) in [6, 6.07) is 14.3. The molecule has 1 heterocycles. The van der Waals surface area contributed by atoms with Crippen molar-refractivity contribution in [2.75, 3.05) is 0 Å². The molecule has 0 saturated heterocycles. The standard InChI is InChI=1S/C16H15ClN2S/c1-2-3-11-4-7-13(8-5-11)19-15-10-12(17)6-9-14(15)18-16(19)20/h4-10H,2-3H2,1H3,(H,18,20). The summed E-state index contributed by atoms with van der Waals surface area (Å²) in [7, 11) is 0. The zero-order valence-corrected chi connectivity index (χ0v) is 12.8. The van der Waals surface area contributed by atoms with Gasteiger partial charge in [0.1, 0.15) is 0 Å². The molecule has 0 aliphatic heterocycles. The van der Waals surface area contributed by atoms with Gasteiger partial charge in [0.05, 0.1) is 11.0 Å². The van der Waals surface area contributed by atoms with Crippen LogP contribution in [0.1, 0.15) is 18.9 Å². The fourth-order valence-electron chi connectivity index (χ4n) is 2.43. The number of rotatable bonds is 3. The Morgan fingerprint density at radius 3 is 2.60 bits per heavy atom. The number of fused-ring (bicyclic) bond motifs is 1. The van der Waals surface area contributed by atoms with E-state index >= 15 is 0 Å². The molecule has 0 atom stereocenters. The fraction of sp³-hybridized carbons (Fsp3) is 0.188. The first-order valence-corrected chi connectivity index (χ1v) is 7.47. The van der Waals surface area contributed by atoms with Crippen LogP contribution >= 0.6 is 23.8 Å². The number of hydrogen-bond donors (Lipinski definition) is 1. The van der Waals surface area contributed by atoms with Crippen LogP contribution in [0.2, 0.25) is 5.02 Å². The molecule has 0 aliphatic carbocycles. The number of aromatic nitrogens is 2. The van der Waals surface area contributed by atoms with Crippen LogP contribution in [0.3, 0.4) is 0 Å². The second-order valence-corrected chi connectivity index (χ2v) is 5.67. The molecular weight excluding hydrogens is 288 g/mol. The molecule has 2 aromatic carbocycles. The summed E-state index contributed by atoms with van der Waals surface area (Å²) in [5.41, 5.74) is 4.41. The number of nitrogens with one attached hydrogen (secondary N) is 1. The lowest BCUT2D eigenvalue weighted by Crippen LogP contribution is -1.94. The van der Waals surface area contributed by atoms with Gasteiger partial charge in [-0.1, -0.05) is 37.1 Å². The molecule has 0 aliphatic rings. The fourth-order valence-corrected chi connectivity index (χ4v) is 2.91. The highest BCUT2D eigenvalue weighted by molar-refractivity contribution is 7.71. The molecule has 4 heteroatoms. The average molecular weight is 303 g/mol. The zero-order chi connectivity index (χ0) is 14.1. The van der Waals surface area contributed by atoms with Gasteiger partial charge < -0.3 is 4.98 Å². The lowest BCUT2D eigenvalue weighted by molar-refractivity contribution is 0.920. The second-order valence-electron chi connectivity index (χ2n) is 4.84. The zero-order valence-electron chi connectivity index (χ0n) is 11.2. The summed E-state index contributed by atoms with van der Waals surface area (Å²) < 4.78 is 2.71. The Labute approximate surface area is 128 Å². The SMILES string of the molecule is CCCc1ccc(-n2c(=S)[nH]c3ccc(Cl)cc32)cc1. The van der Waals surface area contributed by atoms with Crippen LogP contribution in [-0.2, 0) is 6.42 Å². The number of aryl methyl sites for hydroxylation is 1. The van der Waals surface area contributed by atoms with Crippen molar-refractivity contribution in [1.29, 1.82) is 0 Å². The van der Waals surface area contributed by atoms with E-state index in [1.54, 1.807) is 0 Å². The molecule has 2 nitrogen and oxygen atoms in total. The van der Waals surface area contributed by atoms with Gasteiger partial charge in [0, 0.05) is 10.7 Å². The first-order valence-electron chi connectivity index (χ1n) is 6.68. The van der Waals surface area contributed by atoms with Crippen molar-refractivity contribution in [1.82, 2.24) is 9.55 Å². The smallest absolute Gasteiger partial charge is 0.182 e. The minimum Gasteiger partial charge on any atom is -0.330 e. The molecule has 0 spiro atoms. The summed E-state index contributed by atoms with van der Waals surface area (Å²) in [5.74, 6) is 0. The Kier molecular flexibility index (Phi) is 3.64. The molecule has 102 valence electrons. The first-order chi connectivity index (χ1) is 9.69. The quantitative estimate of drug-likeness (QED) is 0.652. The molecule has 20 heavy (non-hydrogen) atoms. The van der Waals surface area contributed by atoms with Crippen molar-refractivity contribution in [2.45, 2.75) is 19.8 Å². The summed E-state index contributed by atoms with van der Waals surface area (Å²) in [6.07, 6.45) is 2.26. The Morgan fingerprint density at radius 2 is 1.90 bits per heavy atom. The lowest BCUT2D eigenvalue weighted by atomic mass is 10.1. The van der Waals surface area contributed by atoms with Crippen LogP contribution in [0.5, 0.6) is 0 Å². The van der Waals surface area contributed by atoms with E-state index in [9.17, 15) is 0 Å². The van der Waals surface area contributed by atoms with Gasteiger partial charge in [-0.2, -0.15) is 0 Å². The third kappa shape index (κ3) is 2.39. The summed E-state index contributed by atoms with van der Waals surface area (Å²) in [5, 5.41) is 0.711. The highest BCUT2D eigenvalue weighted by Gasteiger charge is 2.07. The van der Waals surface area contributed by atoms with E-state index in [0.29, 0.717) is 9.79 Å². The van der Waals surface area contributed by atoms with Gasteiger partial charge in [-0.05, 0) is 54.5 Å². The number of benzene rings is 2. The third-order valence-electron chi connectivity index (χ3n) is 3.38. The van der Waals surface area contributed by atoms with Gasteiger partial charge in [0.25, 0.3) is 0 Å². The molecule has 1 N–H and O–H groups in total. The predicted octanol–water partition coefficient (Wildman–Crippen LogP) is 5.29. The molecule has 0 radical (unpaired) electrons. The highest BCUT2D eigenvalue weighted by atomic mass is 35.5. The van der Waals surface area contributed by atoms with Crippen molar-refractivity contribution in [3.05, 3.63) is 57.8 Å². The largest absolute Gasteiger partial charge is 0.330 e. The predicted molar refractivity (Wildman–Crippen MR) is 87.5 cm³/mol. The molecule has 0 unspecified atom stereocenters. The van der Waals surface area contributed by atoms with Crippen molar-refractivity contribution in [2.24, 2.45) is 0 Å². The summed E-state index contributed by atoms with van der Waals surface area (Å²) in [6.45, 7) is 2.19. The van der Waals surface area contributed by atoms with Crippen LogP contribution in [0.25, 0.3) is 16.7 Å². The molecule has 0 amide bonds. The van der Waals surface area contributed by atoms with E-state index in [1.807, 2.05) is 22.8 Å². The number of nitrogens with zero attached hydrogens (tertiary/aromatic N) is 1. The van der Waals surface area contributed by atoms with Gasteiger partial charge in [-0.3, -0.25) is 4.57 Å². The maximum atomic E-state index is 6.09. The summed E-state index contributed by atoms with van der Waals surface area (Å²) >= 11 is 11.5. The Morgan fingerprint density at radius 1 is 1.15 bits per heavy atom. The minimum absolute atomic E-state index is 0.686. The van der Waals surface area contributed by atoms with E-state index in [-0.39, 0.29) is 0 Å². The van der Waals surface area contributed by atoms with Crippen LogP contribution in [0.15, 0.2) is 42.5 Å². The number of hydrogen-bond acceptors (Lipinski definition) is 1. The van der Waals surface area contributed by atoms with Gasteiger partial charge in [-0.15, -0.1) is 0 Å². The lowest BCUT2D eigenvalue weighted by Gasteiger charge is -2.06.